The highest BCUT2D eigenvalue weighted by Gasteiger charge is 2.14. The first-order valence-corrected chi connectivity index (χ1v) is 7.40. The lowest BCUT2D eigenvalue weighted by atomic mass is 9.90. The molecule has 0 radical (unpaired) electrons. The summed E-state index contributed by atoms with van der Waals surface area (Å²) in [5.41, 5.74) is 8.03. The molecule has 0 amide bonds. The van der Waals surface area contributed by atoms with Crippen molar-refractivity contribution in [3.8, 4) is 0 Å². The van der Waals surface area contributed by atoms with Crippen LogP contribution in [0.3, 0.4) is 0 Å². The van der Waals surface area contributed by atoms with Gasteiger partial charge in [0.2, 0.25) is 5.13 Å². The maximum atomic E-state index is 4.56. The fourth-order valence-corrected chi connectivity index (χ4v) is 3.11. The Labute approximate surface area is 117 Å². The second-order valence-corrected chi connectivity index (χ2v) is 6.04. The lowest BCUT2D eigenvalue weighted by Gasteiger charge is -2.17. The average molecular weight is 271 g/mol. The van der Waals surface area contributed by atoms with Gasteiger partial charge >= 0.3 is 0 Å². The largest absolute Gasteiger partial charge is 0.252 e. The van der Waals surface area contributed by atoms with Gasteiger partial charge in [-0.25, -0.2) is 4.98 Å². The molecule has 1 aliphatic rings. The van der Waals surface area contributed by atoms with Crippen molar-refractivity contribution in [2.24, 2.45) is 5.10 Å². The number of rotatable bonds is 2. The molecule has 3 nitrogen and oxygen atoms in total. The van der Waals surface area contributed by atoms with Crippen LogP contribution in [0.4, 0.5) is 5.13 Å². The molecule has 1 heterocycles. The van der Waals surface area contributed by atoms with E-state index in [4.69, 9.17) is 0 Å². The number of nitrogens with zero attached hydrogens (tertiary/aromatic N) is 2. The van der Waals surface area contributed by atoms with Gasteiger partial charge in [-0.3, -0.25) is 5.43 Å². The van der Waals surface area contributed by atoms with Crippen LogP contribution in [0.1, 0.15) is 34.5 Å². The van der Waals surface area contributed by atoms with Crippen molar-refractivity contribution in [2.45, 2.75) is 33.1 Å². The van der Waals surface area contributed by atoms with Crippen LogP contribution in [0.2, 0.25) is 0 Å². The third kappa shape index (κ3) is 2.54. The zero-order valence-electron chi connectivity index (χ0n) is 11.2. The number of benzene rings is 1. The number of aromatic nitrogens is 1. The maximum absolute atomic E-state index is 4.56. The summed E-state index contributed by atoms with van der Waals surface area (Å²) in [6.07, 6.45) is 3.37. The zero-order chi connectivity index (χ0) is 13.2. The highest BCUT2D eigenvalue weighted by Crippen LogP contribution is 2.24. The molecule has 0 saturated carbocycles. The normalized spacial score (nSPS) is 16.4. The molecule has 1 N–H and O–H groups in total. The van der Waals surface area contributed by atoms with Crippen LogP contribution in [0.15, 0.2) is 29.4 Å². The van der Waals surface area contributed by atoms with E-state index in [1.807, 2.05) is 6.92 Å². The Balaban J connectivity index is 1.85. The van der Waals surface area contributed by atoms with E-state index >= 15 is 0 Å². The third-order valence-electron chi connectivity index (χ3n) is 3.50. The van der Waals surface area contributed by atoms with Crippen molar-refractivity contribution < 1.29 is 0 Å². The summed E-state index contributed by atoms with van der Waals surface area (Å²) >= 11 is 1.65. The lowest BCUT2D eigenvalue weighted by molar-refractivity contribution is 0.837. The van der Waals surface area contributed by atoms with Crippen molar-refractivity contribution in [2.75, 3.05) is 5.43 Å². The van der Waals surface area contributed by atoms with Gasteiger partial charge in [0.15, 0.2) is 0 Å². The number of thiazole rings is 1. The zero-order valence-corrected chi connectivity index (χ0v) is 12.0. The van der Waals surface area contributed by atoms with Gasteiger partial charge in [-0.1, -0.05) is 24.3 Å². The molecule has 1 aromatic heterocycles. The average Bonchev–Trinajstić information content (AvgIpc) is 2.75. The monoisotopic (exact) mass is 271 g/mol. The van der Waals surface area contributed by atoms with E-state index in [1.54, 1.807) is 11.3 Å². The van der Waals surface area contributed by atoms with Crippen LogP contribution >= 0.6 is 11.3 Å². The van der Waals surface area contributed by atoms with Crippen LogP contribution in [0.25, 0.3) is 0 Å². The number of aryl methyl sites for hydroxylation is 3. The molecule has 0 fully saturated rings. The minimum atomic E-state index is 0.880. The fraction of sp³-hybridized carbons (Fsp3) is 0.333. The number of fused-ring (bicyclic) bond motifs is 1. The number of hydrazone groups is 1. The summed E-state index contributed by atoms with van der Waals surface area (Å²) in [5, 5.41) is 5.44. The molecular formula is C15H17N3S. The first-order chi connectivity index (χ1) is 9.24. The summed E-state index contributed by atoms with van der Waals surface area (Å²) in [4.78, 5) is 5.69. The molecule has 4 heteroatoms. The Morgan fingerprint density at radius 2 is 2.05 bits per heavy atom. The van der Waals surface area contributed by atoms with E-state index in [0.29, 0.717) is 0 Å². The molecule has 0 unspecified atom stereocenters. The SMILES string of the molecule is Cc1nc(NN=C2CCCc3ccccc32)sc1C. The summed E-state index contributed by atoms with van der Waals surface area (Å²) in [6, 6.07) is 8.54. The number of hydrogen-bond donors (Lipinski definition) is 1. The standard InChI is InChI=1S/C15H17N3S/c1-10-11(2)19-15(16-10)18-17-14-9-5-7-12-6-3-4-8-13(12)14/h3-4,6,8H,5,7,9H2,1-2H3,(H,16,18). The van der Waals surface area contributed by atoms with E-state index in [-0.39, 0.29) is 0 Å². The van der Waals surface area contributed by atoms with Crippen LogP contribution in [0, 0.1) is 13.8 Å². The Morgan fingerprint density at radius 1 is 1.21 bits per heavy atom. The lowest BCUT2D eigenvalue weighted by Crippen LogP contribution is -2.13. The molecule has 98 valence electrons. The van der Waals surface area contributed by atoms with E-state index < -0.39 is 0 Å². The van der Waals surface area contributed by atoms with Gasteiger partial charge in [-0.2, -0.15) is 5.10 Å². The molecule has 1 aliphatic carbocycles. The smallest absolute Gasteiger partial charge is 0.203 e. The summed E-state index contributed by atoms with van der Waals surface area (Å²) in [6.45, 7) is 4.11. The minimum absolute atomic E-state index is 0.880. The molecule has 0 atom stereocenters. The van der Waals surface area contributed by atoms with Crippen molar-refractivity contribution in [3.63, 3.8) is 0 Å². The first-order valence-electron chi connectivity index (χ1n) is 6.59. The molecule has 19 heavy (non-hydrogen) atoms. The van der Waals surface area contributed by atoms with Gasteiger partial charge in [0, 0.05) is 10.4 Å². The van der Waals surface area contributed by atoms with E-state index in [1.165, 1.54) is 22.4 Å². The van der Waals surface area contributed by atoms with E-state index in [0.717, 1.165) is 29.4 Å². The maximum Gasteiger partial charge on any atom is 0.203 e. The van der Waals surface area contributed by atoms with Crippen molar-refractivity contribution in [1.82, 2.24) is 4.98 Å². The molecule has 0 bridgehead atoms. The minimum Gasteiger partial charge on any atom is -0.252 e. The molecule has 1 aromatic carbocycles. The Bertz CT molecular complexity index is 609. The second kappa shape index (κ2) is 5.13. The summed E-state index contributed by atoms with van der Waals surface area (Å²) < 4.78 is 0. The molecule has 2 aromatic rings. The van der Waals surface area contributed by atoms with Crippen molar-refractivity contribution >= 4 is 22.2 Å². The van der Waals surface area contributed by atoms with Gasteiger partial charge in [-0.15, -0.1) is 11.3 Å². The quantitative estimate of drug-likeness (QED) is 0.841. The molecule has 0 saturated heterocycles. The van der Waals surface area contributed by atoms with Crippen molar-refractivity contribution in [1.29, 1.82) is 0 Å². The second-order valence-electron chi connectivity index (χ2n) is 4.84. The Kier molecular flexibility index (Phi) is 3.34. The first kappa shape index (κ1) is 12.4. The summed E-state index contributed by atoms with van der Waals surface area (Å²) in [5.74, 6) is 0. The molecule has 0 aliphatic heterocycles. The number of nitrogens with one attached hydrogen (secondary N) is 1. The van der Waals surface area contributed by atoms with Crippen LogP contribution in [-0.4, -0.2) is 10.7 Å². The number of hydrogen-bond acceptors (Lipinski definition) is 4. The Morgan fingerprint density at radius 3 is 2.84 bits per heavy atom. The number of anilines is 1. The predicted molar refractivity (Wildman–Crippen MR) is 81.1 cm³/mol. The van der Waals surface area contributed by atoms with Crippen LogP contribution in [-0.2, 0) is 6.42 Å². The molecular weight excluding hydrogens is 254 g/mol. The summed E-state index contributed by atoms with van der Waals surface area (Å²) in [7, 11) is 0. The van der Waals surface area contributed by atoms with Gasteiger partial charge < -0.3 is 0 Å². The third-order valence-corrected chi connectivity index (χ3v) is 4.48. The predicted octanol–water partition coefficient (Wildman–Crippen LogP) is 3.91. The van der Waals surface area contributed by atoms with Crippen LogP contribution < -0.4 is 5.43 Å². The van der Waals surface area contributed by atoms with Gasteiger partial charge in [-0.05, 0) is 38.7 Å². The highest BCUT2D eigenvalue weighted by molar-refractivity contribution is 7.15. The van der Waals surface area contributed by atoms with Gasteiger partial charge in [0.05, 0.1) is 11.4 Å². The van der Waals surface area contributed by atoms with E-state index in [9.17, 15) is 0 Å². The molecule has 3 rings (SSSR count). The molecule has 0 spiro atoms. The van der Waals surface area contributed by atoms with Crippen LogP contribution in [0.5, 0.6) is 0 Å². The van der Waals surface area contributed by atoms with Crippen molar-refractivity contribution in [3.05, 3.63) is 46.0 Å². The highest BCUT2D eigenvalue weighted by atomic mass is 32.1. The fourth-order valence-electron chi connectivity index (χ4n) is 2.35. The topological polar surface area (TPSA) is 37.3 Å². The van der Waals surface area contributed by atoms with Gasteiger partial charge in [0.1, 0.15) is 0 Å². The van der Waals surface area contributed by atoms with E-state index in [2.05, 4.69) is 46.7 Å². The van der Waals surface area contributed by atoms with Gasteiger partial charge in [0.25, 0.3) is 0 Å². The Hall–Kier alpha value is -1.68.